The molecule has 1 rings (SSSR count). The second-order valence-electron chi connectivity index (χ2n) is 3.44. The normalized spacial score (nSPS) is 10.2. The number of hydrogen-bond acceptors (Lipinski definition) is 4. The van der Waals surface area contributed by atoms with Gasteiger partial charge in [0, 0.05) is 19.0 Å². The Morgan fingerprint density at radius 2 is 2.11 bits per heavy atom. The molecular weight excluding hydrogens is 248 g/mol. The summed E-state index contributed by atoms with van der Waals surface area (Å²) in [6.07, 6.45) is 0.0183. The molecule has 0 fully saturated rings. The van der Waals surface area contributed by atoms with E-state index in [1.54, 1.807) is 7.05 Å². The van der Waals surface area contributed by atoms with E-state index in [2.05, 4.69) is 10.6 Å². The van der Waals surface area contributed by atoms with Crippen molar-refractivity contribution in [2.45, 2.75) is 6.42 Å². The molecule has 0 unspecified atom stereocenters. The van der Waals surface area contributed by atoms with Crippen molar-refractivity contribution in [3.05, 3.63) is 33.9 Å². The molecule has 0 aliphatic rings. The van der Waals surface area contributed by atoms with Crippen molar-refractivity contribution >= 4 is 17.3 Å². The molecule has 0 spiro atoms. The van der Waals surface area contributed by atoms with Gasteiger partial charge < -0.3 is 10.6 Å². The number of halogens is 2. The Bertz CT molecular complexity index is 480. The Kier molecular flexibility index (Phi) is 4.67. The van der Waals surface area contributed by atoms with Crippen LogP contribution in [0.2, 0.25) is 0 Å². The SMILES string of the molecule is CNCCC(=O)Nc1c(F)cc(F)cc1[N+](=O)[O-]. The van der Waals surface area contributed by atoms with Gasteiger partial charge in [-0.25, -0.2) is 8.78 Å². The molecule has 0 bridgehead atoms. The van der Waals surface area contributed by atoms with Crippen molar-refractivity contribution in [2.24, 2.45) is 0 Å². The van der Waals surface area contributed by atoms with Gasteiger partial charge in [0.25, 0.3) is 5.69 Å². The molecule has 0 heterocycles. The zero-order chi connectivity index (χ0) is 13.7. The number of amides is 1. The first-order valence-corrected chi connectivity index (χ1v) is 5.03. The van der Waals surface area contributed by atoms with E-state index in [9.17, 15) is 23.7 Å². The van der Waals surface area contributed by atoms with E-state index < -0.39 is 33.8 Å². The summed E-state index contributed by atoms with van der Waals surface area (Å²) in [5.41, 5.74) is -1.44. The maximum atomic E-state index is 13.4. The average Bonchev–Trinajstić information content (AvgIpc) is 2.29. The summed E-state index contributed by atoms with van der Waals surface area (Å²) in [5, 5.41) is 15.4. The molecule has 18 heavy (non-hydrogen) atoms. The van der Waals surface area contributed by atoms with Crippen LogP contribution in [0.25, 0.3) is 0 Å². The Morgan fingerprint density at radius 1 is 1.44 bits per heavy atom. The van der Waals surface area contributed by atoms with Crippen LogP contribution in [0.15, 0.2) is 12.1 Å². The summed E-state index contributed by atoms with van der Waals surface area (Å²) in [4.78, 5) is 21.0. The number of carbonyl (C=O) groups excluding carboxylic acids is 1. The number of hydrogen-bond donors (Lipinski definition) is 2. The van der Waals surface area contributed by atoms with Crippen LogP contribution < -0.4 is 10.6 Å². The van der Waals surface area contributed by atoms with Gasteiger partial charge in [-0.2, -0.15) is 0 Å². The maximum absolute atomic E-state index is 13.4. The summed E-state index contributed by atoms with van der Waals surface area (Å²) in [7, 11) is 1.62. The Labute approximate surface area is 101 Å². The van der Waals surface area contributed by atoms with Crippen molar-refractivity contribution < 1.29 is 18.5 Å². The summed E-state index contributed by atoms with van der Waals surface area (Å²) in [5.74, 6) is -2.86. The first kappa shape index (κ1) is 14.0. The number of rotatable bonds is 5. The first-order valence-electron chi connectivity index (χ1n) is 5.03. The lowest BCUT2D eigenvalue weighted by Gasteiger charge is -2.07. The van der Waals surface area contributed by atoms with Gasteiger partial charge in [-0.1, -0.05) is 0 Å². The molecule has 0 saturated heterocycles. The van der Waals surface area contributed by atoms with Crippen LogP contribution in [0.4, 0.5) is 20.2 Å². The van der Waals surface area contributed by atoms with Crippen LogP contribution in [0.1, 0.15) is 6.42 Å². The van der Waals surface area contributed by atoms with E-state index in [4.69, 9.17) is 0 Å². The van der Waals surface area contributed by atoms with Crippen molar-refractivity contribution in [3.63, 3.8) is 0 Å². The molecule has 1 aromatic rings. The van der Waals surface area contributed by atoms with Gasteiger partial charge in [0.2, 0.25) is 5.91 Å². The molecule has 6 nitrogen and oxygen atoms in total. The Hall–Kier alpha value is -2.09. The van der Waals surface area contributed by atoms with E-state index in [-0.39, 0.29) is 6.42 Å². The number of nitro benzene ring substituents is 1. The number of nitro groups is 1. The molecule has 2 N–H and O–H groups in total. The molecule has 0 aliphatic carbocycles. The molecule has 0 atom stereocenters. The molecule has 1 aromatic carbocycles. The van der Waals surface area contributed by atoms with Crippen LogP contribution in [0.5, 0.6) is 0 Å². The van der Waals surface area contributed by atoms with E-state index in [0.29, 0.717) is 18.7 Å². The second-order valence-corrected chi connectivity index (χ2v) is 3.44. The summed E-state index contributed by atoms with van der Waals surface area (Å²) in [6, 6.07) is 1.03. The fourth-order valence-electron chi connectivity index (χ4n) is 1.27. The Morgan fingerprint density at radius 3 is 2.67 bits per heavy atom. The first-order chi connectivity index (χ1) is 8.45. The van der Waals surface area contributed by atoms with Gasteiger partial charge in [-0.15, -0.1) is 0 Å². The zero-order valence-corrected chi connectivity index (χ0v) is 9.50. The standard InChI is InChI=1S/C10H11F2N3O3/c1-13-3-2-9(16)14-10-7(12)4-6(11)5-8(10)15(17)18/h4-5,13H,2-3H2,1H3,(H,14,16). The average molecular weight is 259 g/mol. The summed E-state index contributed by atoms with van der Waals surface area (Å²) in [6.45, 7) is 0.336. The molecule has 0 saturated carbocycles. The lowest BCUT2D eigenvalue weighted by atomic mass is 10.2. The molecular formula is C10H11F2N3O3. The quantitative estimate of drug-likeness (QED) is 0.618. The Balaban J connectivity index is 3.00. The minimum atomic E-state index is -1.18. The van der Waals surface area contributed by atoms with Crippen molar-refractivity contribution in [1.29, 1.82) is 0 Å². The van der Waals surface area contributed by atoms with Gasteiger partial charge in [0.05, 0.1) is 11.0 Å². The minimum absolute atomic E-state index is 0.0183. The molecule has 0 radical (unpaired) electrons. The van der Waals surface area contributed by atoms with E-state index in [0.717, 1.165) is 0 Å². The lowest BCUT2D eigenvalue weighted by Crippen LogP contribution is -2.20. The molecule has 98 valence electrons. The van der Waals surface area contributed by atoms with Crippen molar-refractivity contribution in [1.82, 2.24) is 5.32 Å². The van der Waals surface area contributed by atoms with Crippen LogP contribution in [-0.4, -0.2) is 24.4 Å². The summed E-state index contributed by atoms with van der Waals surface area (Å²) >= 11 is 0. The van der Waals surface area contributed by atoms with Crippen molar-refractivity contribution in [2.75, 3.05) is 18.9 Å². The van der Waals surface area contributed by atoms with Gasteiger partial charge in [-0.3, -0.25) is 14.9 Å². The van der Waals surface area contributed by atoms with Gasteiger partial charge >= 0.3 is 0 Å². The monoisotopic (exact) mass is 259 g/mol. The predicted molar refractivity (Wildman–Crippen MR) is 60.2 cm³/mol. The number of benzene rings is 1. The summed E-state index contributed by atoms with van der Waals surface area (Å²) < 4.78 is 26.2. The smallest absolute Gasteiger partial charge is 0.298 e. The third-order valence-corrected chi connectivity index (χ3v) is 2.10. The van der Waals surface area contributed by atoms with Gasteiger partial charge in [-0.05, 0) is 7.05 Å². The highest BCUT2D eigenvalue weighted by atomic mass is 19.1. The fraction of sp³-hybridized carbons (Fsp3) is 0.300. The van der Waals surface area contributed by atoms with E-state index >= 15 is 0 Å². The topological polar surface area (TPSA) is 84.3 Å². The lowest BCUT2D eigenvalue weighted by molar-refractivity contribution is -0.384. The molecule has 0 aliphatic heterocycles. The number of anilines is 1. The van der Waals surface area contributed by atoms with Crippen molar-refractivity contribution in [3.8, 4) is 0 Å². The van der Waals surface area contributed by atoms with Gasteiger partial charge in [0.15, 0.2) is 11.5 Å². The van der Waals surface area contributed by atoms with Crippen LogP contribution in [0, 0.1) is 21.7 Å². The molecule has 1 amide bonds. The second kappa shape index (κ2) is 6.01. The predicted octanol–water partition coefficient (Wildman–Crippen LogP) is 1.42. The molecule has 0 aromatic heterocycles. The fourth-order valence-corrected chi connectivity index (χ4v) is 1.27. The largest absolute Gasteiger partial charge is 0.319 e. The van der Waals surface area contributed by atoms with Crippen LogP contribution in [0.3, 0.4) is 0 Å². The highest BCUT2D eigenvalue weighted by molar-refractivity contribution is 5.93. The number of carbonyl (C=O) groups is 1. The minimum Gasteiger partial charge on any atom is -0.319 e. The number of nitrogens with zero attached hydrogens (tertiary/aromatic N) is 1. The van der Waals surface area contributed by atoms with Gasteiger partial charge in [0.1, 0.15) is 5.82 Å². The highest BCUT2D eigenvalue weighted by Crippen LogP contribution is 2.28. The van der Waals surface area contributed by atoms with E-state index in [1.165, 1.54) is 0 Å². The highest BCUT2D eigenvalue weighted by Gasteiger charge is 2.21. The third kappa shape index (κ3) is 3.45. The zero-order valence-electron chi connectivity index (χ0n) is 9.50. The molecule has 8 heteroatoms. The van der Waals surface area contributed by atoms with E-state index in [1.807, 2.05) is 0 Å². The van der Waals surface area contributed by atoms with Crippen LogP contribution in [-0.2, 0) is 4.79 Å². The van der Waals surface area contributed by atoms with Crippen LogP contribution >= 0.6 is 0 Å². The third-order valence-electron chi connectivity index (χ3n) is 2.10. The maximum Gasteiger partial charge on any atom is 0.298 e. The number of nitrogens with one attached hydrogen (secondary N) is 2.